The van der Waals surface area contributed by atoms with Crippen LogP contribution in [0.5, 0.6) is 0 Å². The van der Waals surface area contributed by atoms with E-state index >= 15 is 0 Å². The van der Waals surface area contributed by atoms with Crippen LogP contribution in [-0.4, -0.2) is 29.5 Å². The molecule has 42 heavy (non-hydrogen) atoms. The van der Waals surface area contributed by atoms with Gasteiger partial charge in [0.25, 0.3) is 0 Å². The fourth-order valence-electron chi connectivity index (χ4n) is 5.95. The van der Waals surface area contributed by atoms with Crippen molar-refractivity contribution >= 4 is 64.3 Å². The zero-order valence-corrected chi connectivity index (χ0v) is 23.0. The molecular formula is C35H20N6S. The van der Waals surface area contributed by atoms with Crippen molar-refractivity contribution in [2.75, 3.05) is 0 Å². The zero-order valence-electron chi connectivity index (χ0n) is 22.1. The van der Waals surface area contributed by atoms with Crippen LogP contribution in [-0.2, 0) is 0 Å². The first-order valence-electron chi connectivity index (χ1n) is 13.7. The molecular weight excluding hydrogens is 536 g/mol. The predicted molar refractivity (Wildman–Crippen MR) is 171 cm³/mol. The van der Waals surface area contributed by atoms with Crippen LogP contribution in [0.15, 0.2) is 122 Å². The van der Waals surface area contributed by atoms with Crippen molar-refractivity contribution in [2.45, 2.75) is 0 Å². The molecule has 0 fully saturated rings. The van der Waals surface area contributed by atoms with Crippen LogP contribution < -0.4 is 0 Å². The van der Waals surface area contributed by atoms with Gasteiger partial charge in [0.15, 0.2) is 11.6 Å². The largest absolute Gasteiger partial charge is 0.276 e. The number of thiophene rings is 1. The van der Waals surface area contributed by atoms with Crippen LogP contribution in [0.3, 0.4) is 0 Å². The van der Waals surface area contributed by atoms with Crippen LogP contribution in [0.25, 0.3) is 81.7 Å². The van der Waals surface area contributed by atoms with E-state index in [1.165, 1.54) is 10.1 Å². The molecule has 6 nitrogen and oxygen atoms in total. The molecule has 4 aromatic heterocycles. The maximum absolute atomic E-state index is 5.12. The van der Waals surface area contributed by atoms with Crippen LogP contribution in [0.4, 0.5) is 0 Å². The molecule has 0 aliphatic rings. The third kappa shape index (κ3) is 3.34. The summed E-state index contributed by atoms with van der Waals surface area (Å²) >= 11 is 1.77. The third-order valence-electron chi connectivity index (χ3n) is 7.74. The van der Waals surface area contributed by atoms with Gasteiger partial charge in [-0.2, -0.15) is 9.97 Å². The van der Waals surface area contributed by atoms with E-state index in [2.05, 4.69) is 53.1 Å². The van der Waals surface area contributed by atoms with E-state index < -0.39 is 0 Å². The first kappa shape index (κ1) is 23.2. The summed E-state index contributed by atoms with van der Waals surface area (Å²) in [6.07, 6.45) is 3.56. The molecule has 7 heteroatoms. The van der Waals surface area contributed by atoms with Crippen molar-refractivity contribution in [3.63, 3.8) is 0 Å². The fraction of sp³-hybridized carbons (Fsp3) is 0. The van der Waals surface area contributed by atoms with Gasteiger partial charge >= 0.3 is 0 Å². The summed E-state index contributed by atoms with van der Waals surface area (Å²) in [6, 6.07) is 37.1. The average molecular weight is 557 g/mol. The molecule has 5 aromatic carbocycles. The fourth-order valence-corrected chi connectivity index (χ4v) is 7.20. The monoisotopic (exact) mass is 556 g/mol. The molecule has 0 spiro atoms. The summed E-state index contributed by atoms with van der Waals surface area (Å²) in [5, 5.41) is 4.42. The lowest BCUT2D eigenvalue weighted by molar-refractivity contribution is 0.955. The van der Waals surface area contributed by atoms with Gasteiger partial charge in [0.05, 0.1) is 26.8 Å². The van der Waals surface area contributed by atoms with Crippen molar-refractivity contribution in [3.8, 4) is 28.7 Å². The van der Waals surface area contributed by atoms with Gasteiger partial charge in [-0.05, 0) is 12.1 Å². The number of nitrogens with zero attached hydrogens (tertiary/aromatic N) is 6. The average Bonchev–Trinajstić information content (AvgIpc) is 3.62. The van der Waals surface area contributed by atoms with Crippen molar-refractivity contribution in [1.29, 1.82) is 0 Å². The summed E-state index contributed by atoms with van der Waals surface area (Å²) in [4.78, 5) is 25.0. The molecule has 0 radical (unpaired) electrons. The number of hydrogen-bond donors (Lipinski definition) is 0. The summed E-state index contributed by atoms with van der Waals surface area (Å²) in [6.45, 7) is 0. The van der Waals surface area contributed by atoms with E-state index in [4.69, 9.17) is 24.9 Å². The molecule has 0 N–H and O–H groups in total. The minimum absolute atomic E-state index is 0.566. The van der Waals surface area contributed by atoms with Crippen molar-refractivity contribution in [1.82, 2.24) is 29.5 Å². The molecule has 0 aliphatic heterocycles. The van der Waals surface area contributed by atoms with Gasteiger partial charge < -0.3 is 0 Å². The molecule has 4 heterocycles. The lowest BCUT2D eigenvalue weighted by atomic mass is 10.1. The summed E-state index contributed by atoms with van der Waals surface area (Å²) < 4.78 is 4.53. The van der Waals surface area contributed by atoms with E-state index in [0.29, 0.717) is 17.6 Å². The first-order chi connectivity index (χ1) is 20.8. The Hall–Kier alpha value is -5.53. The highest BCUT2D eigenvalue weighted by molar-refractivity contribution is 7.27. The van der Waals surface area contributed by atoms with Crippen LogP contribution in [0.1, 0.15) is 0 Å². The lowest BCUT2D eigenvalue weighted by Crippen LogP contribution is -2.06. The number of hydrogen-bond acceptors (Lipinski definition) is 6. The van der Waals surface area contributed by atoms with E-state index in [9.17, 15) is 0 Å². The van der Waals surface area contributed by atoms with Crippen molar-refractivity contribution < 1.29 is 0 Å². The minimum Gasteiger partial charge on any atom is -0.276 e. The molecule has 9 aromatic rings. The SMILES string of the molecule is c1ccc(-c2nc(-c3ccccc3)nc(-n3c4ccccc4c4c5nccnc5c5c6ccccc6sc5c43)n2)cc1. The van der Waals surface area contributed by atoms with Crippen LogP contribution in [0, 0.1) is 0 Å². The van der Waals surface area contributed by atoms with Gasteiger partial charge in [0.2, 0.25) is 5.95 Å². The molecule has 0 saturated heterocycles. The molecule has 196 valence electrons. The molecule has 0 bridgehead atoms. The van der Waals surface area contributed by atoms with E-state index in [1.54, 1.807) is 23.7 Å². The van der Waals surface area contributed by atoms with Crippen LogP contribution in [0.2, 0.25) is 0 Å². The Morgan fingerprint density at radius 2 is 1.10 bits per heavy atom. The third-order valence-corrected chi connectivity index (χ3v) is 8.92. The number of para-hydroxylation sites is 1. The summed E-state index contributed by atoms with van der Waals surface area (Å²) in [7, 11) is 0. The van der Waals surface area contributed by atoms with E-state index in [0.717, 1.165) is 54.1 Å². The lowest BCUT2D eigenvalue weighted by Gasteiger charge is -2.11. The highest BCUT2D eigenvalue weighted by atomic mass is 32.1. The minimum atomic E-state index is 0.566. The molecule has 0 atom stereocenters. The number of aromatic nitrogens is 6. The maximum Gasteiger partial charge on any atom is 0.238 e. The smallest absolute Gasteiger partial charge is 0.238 e. The molecule has 0 saturated carbocycles. The number of rotatable bonds is 3. The second-order valence-corrected chi connectivity index (χ2v) is 11.2. The topological polar surface area (TPSA) is 69.4 Å². The number of benzene rings is 5. The highest BCUT2D eigenvalue weighted by Gasteiger charge is 2.24. The molecule has 9 rings (SSSR count). The van der Waals surface area contributed by atoms with Gasteiger partial charge in [0, 0.05) is 49.8 Å². The quantitative estimate of drug-likeness (QED) is 0.218. The van der Waals surface area contributed by atoms with E-state index in [-0.39, 0.29) is 0 Å². The molecule has 0 unspecified atom stereocenters. The Kier molecular flexibility index (Phi) is 4.97. The molecule has 0 amide bonds. The summed E-state index contributed by atoms with van der Waals surface area (Å²) in [5.74, 6) is 1.81. The molecule has 0 aliphatic carbocycles. The van der Waals surface area contributed by atoms with Gasteiger partial charge in [-0.1, -0.05) is 97.1 Å². The first-order valence-corrected chi connectivity index (χ1v) is 14.5. The van der Waals surface area contributed by atoms with Gasteiger partial charge in [-0.15, -0.1) is 11.3 Å². The zero-order chi connectivity index (χ0) is 27.6. The Morgan fingerprint density at radius 1 is 0.524 bits per heavy atom. The van der Waals surface area contributed by atoms with Crippen molar-refractivity contribution in [2.24, 2.45) is 0 Å². The normalized spacial score (nSPS) is 11.8. The van der Waals surface area contributed by atoms with E-state index in [1.807, 2.05) is 60.7 Å². The highest BCUT2D eigenvalue weighted by Crippen LogP contribution is 2.46. The Labute approximate surface area is 243 Å². The van der Waals surface area contributed by atoms with Gasteiger partial charge in [-0.3, -0.25) is 14.5 Å². The Bertz CT molecular complexity index is 2410. The Morgan fingerprint density at radius 3 is 1.79 bits per heavy atom. The van der Waals surface area contributed by atoms with Crippen molar-refractivity contribution in [3.05, 3.63) is 122 Å². The number of fused-ring (bicyclic) bond motifs is 10. The predicted octanol–water partition coefficient (Wildman–Crippen LogP) is 8.61. The maximum atomic E-state index is 5.12. The standard InChI is InChI=1S/C35H20N6S/c1-3-11-21(12-4-1)33-38-34(22-13-5-2-6-14-22)40-35(39-33)41-25-17-9-7-15-23(25)27-29-30(37-20-19-36-29)28-24-16-8-10-18-26(24)42-32(28)31(27)41/h1-20H. The second-order valence-electron chi connectivity index (χ2n) is 10.1. The second kappa shape index (κ2) is 8.99. The van der Waals surface area contributed by atoms with Gasteiger partial charge in [0.1, 0.15) is 0 Å². The Balaban J connectivity index is 1.50. The van der Waals surface area contributed by atoms with Crippen LogP contribution >= 0.6 is 11.3 Å². The summed E-state index contributed by atoms with van der Waals surface area (Å²) in [5.41, 5.74) is 5.69. The van der Waals surface area contributed by atoms with Gasteiger partial charge in [-0.25, -0.2) is 4.98 Å².